The highest BCUT2D eigenvalue weighted by Gasteiger charge is 2.23. The number of nitrogens with zero attached hydrogens (tertiary/aromatic N) is 2. The maximum Gasteiger partial charge on any atom is 0.220 e. The number of hydrogen-bond acceptors (Lipinski definition) is 4. The SMILES string of the molecule is CC[n+]1c(-c2ccccc2)c2cc(N)ccc2c2ccc(N(O)O)cc21. The molecule has 1 heterocycles. The third kappa shape index (κ3) is 2.54. The average Bonchev–Trinajstić information content (AvgIpc) is 2.66. The number of nitrogen functional groups attached to an aromatic ring is 1. The van der Waals surface area contributed by atoms with Gasteiger partial charge in [-0.05, 0) is 43.3 Å². The second-order valence-corrected chi connectivity index (χ2v) is 6.25. The van der Waals surface area contributed by atoms with Gasteiger partial charge in [0.25, 0.3) is 0 Å². The van der Waals surface area contributed by atoms with Crippen LogP contribution in [0.4, 0.5) is 11.4 Å². The molecule has 5 nitrogen and oxygen atoms in total. The molecule has 26 heavy (non-hydrogen) atoms. The standard InChI is InChI=1S/C21H20N3O2/c1-2-23-20-13-16(24(25)26)9-11-18(20)17-10-8-15(22)12-19(17)21(23)14-6-4-3-5-7-14/h3-13,25-26H,2,22H2,1H3/q+1. The van der Waals surface area contributed by atoms with Gasteiger partial charge in [-0.2, -0.15) is 4.57 Å². The van der Waals surface area contributed by atoms with Crippen LogP contribution in [0.25, 0.3) is 32.9 Å². The van der Waals surface area contributed by atoms with E-state index in [-0.39, 0.29) is 5.23 Å². The van der Waals surface area contributed by atoms with Crippen LogP contribution >= 0.6 is 0 Å². The normalized spacial score (nSPS) is 11.2. The summed E-state index contributed by atoms with van der Waals surface area (Å²) in [5, 5.41) is 22.2. The highest BCUT2D eigenvalue weighted by Crippen LogP contribution is 2.33. The Hall–Kier alpha value is -3.15. The lowest BCUT2D eigenvalue weighted by molar-refractivity contribution is -0.655. The zero-order valence-electron chi connectivity index (χ0n) is 14.4. The predicted octanol–water partition coefficient (Wildman–Crippen LogP) is 4.13. The van der Waals surface area contributed by atoms with Gasteiger partial charge < -0.3 is 5.73 Å². The van der Waals surface area contributed by atoms with E-state index < -0.39 is 0 Å². The summed E-state index contributed by atoms with van der Waals surface area (Å²) < 4.78 is 2.18. The Morgan fingerprint density at radius 1 is 0.885 bits per heavy atom. The summed E-state index contributed by atoms with van der Waals surface area (Å²) in [6, 6.07) is 21.4. The first-order valence-corrected chi connectivity index (χ1v) is 8.52. The van der Waals surface area contributed by atoms with E-state index in [2.05, 4.69) is 23.6 Å². The van der Waals surface area contributed by atoms with E-state index in [0.717, 1.165) is 39.5 Å². The fraction of sp³-hybridized carbons (Fsp3) is 0.0952. The molecule has 4 rings (SSSR count). The first-order chi connectivity index (χ1) is 12.6. The Labute approximate surface area is 151 Å². The summed E-state index contributed by atoms with van der Waals surface area (Å²) in [5.41, 5.74) is 10.2. The van der Waals surface area contributed by atoms with Gasteiger partial charge in [0.15, 0.2) is 0 Å². The minimum absolute atomic E-state index is 0.148. The third-order valence-corrected chi connectivity index (χ3v) is 4.73. The molecule has 0 aliphatic carbocycles. The van der Waals surface area contributed by atoms with E-state index in [4.69, 9.17) is 5.73 Å². The van der Waals surface area contributed by atoms with E-state index >= 15 is 0 Å². The molecule has 0 unspecified atom stereocenters. The monoisotopic (exact) mass is 346 g/mol. The van der Waals surface area contributed by atoms with Crippen molar-refractivity contribution in [1.82, 2.24) is 0 Å². The number of fused-ring (bicyclic) bond motifs is 3. The van der Waals surface area contributed by atoms with Crippen LogP contribution in [-0.2, 0) is 6.54 Å². The Morgan fingerprint density at radius 3 is 2.31 bits per heavy atom. The van der Waals surface area contributed by atoms with Crippen molar-refractivity contribution in [2.75, 3.05) is 11.0 Å². The molecule has 0 atom stereocenters. The van der Waals surface area contributed by atoms with Crippen molar-refractivity contribution >= 4 is 33.1 Å². The molecule has 0 bridgehead atoms. The van der Waals surface area contributed by atoms with Crippen molar-refractivity contribution in [3.8, 4) is 11.3 Å². The van der Waals surface area contributed by atoms with Gasteiger partial charge in [-0.3, -0.25) is 10.4 Å². The summed E-state index contributed by atoms with van der Waals surface area (Å²) in [4.78, 5) is 0. The molecule has 0 aliphatic rings. The maximum atomic E-state index is 9.45. The number of anilines is 2. The number of aromatic nitrogens is 1. The smallest absolute Gasteiger partial charge is 0.220 e. The van der Waals surface area contributed by atoms with E-state index in [0.29, 0.717) is 11.4 Å². The minimum atomic E-state index is 0.148. The van der Waals surface area contributed by atoms with Gasteiger partial charge in [0.1, 0.15) is 12.2 Å². The minimum Gasteiger partial charge on any atom is -0.399 e. The van der Waals surface area contributed by atoms with E-state index in [9.17, 15) is 10.4 Å². The first kappa shape index (κ1) is 16.3. The Kier molecular flexibility index (Phi) is 3.95. The van der Waals surface area contributed by atoms with Crippen LogP contribution in [0.15, 0.2) is 66.7 Å². The molecule has 0 spiro atoms. The maximum absolute atomic E-state index is 9.45. The van der Waals surface area contributed by atoms with Crippen LogP contribution < -0.4 is 15.5 Å². The van der Waals surface area contributed by atoms with Gasteiger partial charge in [0.05, 0.1) is 10.8 Å². The van der Waals surface area contributed by atoms with E-state index in [1.807, 2.05) is 42.5 Å². The summed E-state index contributed by atoms with van der Waals surface area (Å²) >= 11 is 0. The zero-order chi connectivity index (χ0) is 18.3. The summed E-state index contributed by atoms with van der Waals surface area (Å²) in [7, 11) is 0. The molecule has 5 heteroatoms. The number of rotatable bonds is 3. The second kappa shape index (κ2) is 6.29. The number of benzene rings is 3. The van der Waals surface area contributed by atoms with Crippen molar-refractivity contribution < 1.29 is 15.0 Å². The molecule has 1 aromatic heterocycles. The van der Waals surface area contributed by atoms with Crippen LogP contribution in [0.3, 0.4) is 0 Å². The van der Waals surface area contributed by atoms with Gasteiger partial charge in [-0.15, -0.1) is 5.23 Å². The van der Waals surface area contributed by atoms with Crippen LogP contribution in [0, 0.1) is 0 Å². The van der Waals surface area contributed by atoms with Crippen molar-refractivity contribution in [3.63, 3.8) is 0 Å². The molecule has 130 valence electrons. The lowest BCUT2D eigenvalue weighted by atomic mass is 9.98. The van der Waals surface area contributed by atoms with E-state index in [1.165, 1.54) is 0 Å². The molecule has 4 N–H and O–H groups in total. The molecular weight excluding hydrogens is 326 g/mol. The average molecular weight is 346 g/mol. The summed E-state index contributed by atoms with van der Waals surface area (Å²) in [5.74, 6) is 0. The van der Waals surface area contributed by atoms with Crippen molar-refractivity contribution in [2.24, 2.45) is 0 Å². The largest absolute Gasteiger partial charge is 0.399 e. The van der Waals surface area contributed by atoms with Crippen LogP contribution in [0.2, 0.25) is 0 Å². The predicted molar refractivity (Wildman–Crippen MR) is 103 cm³/mol. The third-order valence-electron chi connectivity index (χ3n) is 4.73. The Balaban J connectivity index is 2.23. The topological polar surface area (TPSA) is 73.6 Å². The quantitative estimate of drug-likeness (QED) is 0.226. The van der Waals surface area contributed by atoms with Crippen LogP contribution in [0.5, 0.6) is 0 Å². The zero-order valence-corrected chi connectivity index (χ0v) is 14.4. The second-order valence-electron chi connectivity index (χ2n) is 6.25. The molecule has 0 amide bonds. The molecule has 0 radical (unpaired) electrons. The molecule has 0 saturated carbocycles. The molecule has 0 fully saturated rings. The Morgan fingerprint density at radius 2 is 1.62 bits per heavy atom. The van der Waals surface area contributed by atoms with Gasteiger partial charge >= 0.3 is 0 Å². The van der Waals surface area contributed by atoms with Crippen LogP contribution in [0.1, 0.15) is 6.92 Å². The fourth-order valence-electron chi connectivity index (χ4n) is 3.59. The van der Waals surface area contributed by atoms with E-state index in [1.54, 1.807) is 12.1 Å². The molecule has 0 saturated heterocycles. The van der Waals surface area contributed by atoms with Crippen molar-refractivity contribution in [3.05, 3.63) is 66.7 Å². The van der Waals surface area contributed by atoms with Gasteiger partial charge in [-0.25, -0.2) is 0 Å². The molecule has 0 aliphatic heterocycles. The van der Waals surface area contributed by atoms with Crippen molar-refractivity contribution in [1.29, 1.82) is 0 Å². The molecular formula is C21H20N3O2+. The molecule has 4 aromatic rings. The number of hydrogen-bond donors (Lipinski definition) is 3. The number of aryl methyl sites for hydroxylation is 1. The molecule has 3 aromatic carbocycles. The number of pyridine rings is 1. The summed E-state index contributed by atoms with van der Waals surface area (Å²) in [6.45, 7) is 2.80. The van der Waals surface area contributed by atoms with Crippen molar-refractivity contribution in [2.45, 2.75) is 13.5 Å². The van der Waals surface area contributed by atoms with Gasteiger partial charge in [-0.1, -0.05) is 24.3 Å². The number of nitrogens with two attached hydrogens (primary N) is 1. The van der Waals surface area contributed by atoms with Gasteiger partial charge in [0, 0.05) is 22.7 Å². The highest BCUT2D eigenvalue weighted by molar-refractivity contribution is 6.10. The fourth-order valence-corrected chi connectivity index (χ4v) is 3.59. The van der Waals surface area contributed by atoms with Crippen LogP contribution in [-0.4, -0.2) is 10.4 Å². The van der Waals surface area contributed by atoms with Gasteiger partial charge in [0.2, 0.25) is 11.2 Å². The highest BCUT2D eigenvalue weighted by atomic mass is 16.8. The Bertz CT molecular complexity index is 1110. The summed E-state index contributed by atoms with van der Waals surface area (Å²) in [6.07, 6.45) is 0. The lowest BCUT2D eigenvalue weighted by Gasteiger charge is -2.14. The lowest BCUT2D eigenvalue weighted by Crippen LogP contribution is -2.36. The first-order valence-electron chi connectivity index (χ1n) is 8.52.